The van der Waals surface area contributed by atoms with E-state index in [1.54, 1.807) is 24.3 Å². The number of carboxylic acids is 1. The molecule has 1 amide bonds. The van der Waals surface area contributed by atoms with Crippen LogP contribution in [0.2, 0.25) is 0 Å². The number of ether oxygens (including phenoxy) is 2. The molecule has 0 aliphatic carbocycles. The lowest BCUT2D eigenvalue weighted by Gasteiger charge is -2.19. The molecular weight excluding hydrogens is 341 g/mol. The largest absolute Gasteiger partial charge is 0.493 e. The predicted octanol–water partition coefficient (Wildman–Crippen LogP) is 3.18. The van der Waals surface area contributed by atoms with E-state index in [-0.39, 0.29) is 29.9 Å². The number of carbonyl (C=O) groups is 2. The van der Waals surface area contributed by atoms with Gasteiger partial charge in [0.05, 0.1) is 25.8 Å². The average molecular weight is 361 g/mol. The quantitative estimate of drug-likeness (QED) is 0.754. The first-order chi connectivity index (χ1) is 12.5. The molecule has 0 fully saturated rings. The van der Waals surface area contributed by atoms with Crippen LogP contribution in [-0.4, -0.2) is 31.2 Å². The summed E-state index contributed by atoms with van der Waals surface area (Å²) in [5, 5.41) is 11.6. The first kappa shape index (κ1) is 19.2. The Labute approximate surface area is 150 Å². The summed E-state index contributed by atoms with van der Waals surface area (Å²) >= 11 is 0. The van der Waals surface area contributed by atoms with Crippen molar-refractivity contribution in [2.24, 2.45) is 0 Å². The third kappa shape index (κ3) is 4.72. The Morgan fingerprint density at radius 1 is 1.12 bits per heavy atom. The number of hydrogen-bond acceptors (Lipinski definition) is 4. The second-order valence-corrected chi connectivity index (χ2v) is 5.56. The first-order valence-corrected chi connectivity index (χ1v) is 7.95. The third-order valence-corrected chi connectivity index (χ3v) is 3.87. The van der Waals surface area contributed by atoms with Crippen molar-refractivity contribution in [1.29, 1.82) is 0 Å². The maximum absolute atomic E-state index is 14.3. The molecule has 0 heterocycles. The number of benzene rings is 2. The van der Waals surface area contributed by atoms with Crippen molar-refractivity contribution in [2.75, 3.05) is 14.2 Å². The van der Waals surface area contributed by atoms with Crippen LogP contribution in [-0.2, 0) is 4.79 Å². The van der Waals surface area contributed by atoms with Crippen molar-refractivity contribution in [3.05, 3.63) is 59.4 Å². The predicted molar refractivity (Wildman–Crippen MR) is 93.0 cm³/mol. The topological polar surface area (TPSA) is 84.9 Å². The highest BCUT2D eigenvalue weighted by Crippen LogP contribution is 2.30. The molecule has 0 radical (unpaired) electrons. The molecule has 1 atom stereocenters. The fourth-order valence-electron chi connectivity index (χ4n) is 2.54. The average Bonchev–Trinajstić information content (AvgIpc) is 2.65. The molecule has 7 heteroatoms. The maximum Gasteiger partial charge on any atom is 0.303 e. The van der Waals surface area contributed by atoms with Crippen molar-refractivity contribution >= 4 is 11.9 Å². The van der Waals surface area contributed by atoms with E-state index in [9.17, 15) is 14.0 Å². The molecule has 26 heavy (non-hydrogen) atoms. The fraction of sp³-hybridized carbons (Fsp3) is 0.263. The van der Waals surface area contributed by atoms with E-state index in [1.807, 2.05) is 6.07 Å². The molecule has 2 N–H and O–H groups in total. The second kappa shape index (κ2) is 8.84. The lowest BCUT2D eigenvalue weighted by molar-refractivity contribution is -0.137. The summed E-state index contributed by atoms with van der Waals surface area (Å²) in [4.78, 5) is 23.5. The third-order valence-electron chi connectivity index (χ3n) is 3.87. The van der Waals surface area contributed by atoms with Gasteiger partial charge in [0, 0.05) is 12.5 Å². The van der Waals surface area contributed by atoms with Gasteiger partial charge in [-0.3, -0.25) is 9.59 Å². The lowest BCUT2D eigenvalue weighted by atomic mass is 10.0. The van der Waals surface area contributed by atoms with E-state index in [0.29, 0.717) is 0 Å². The smallest absolute Gasteiger partial charge is 0.303 e. The van der Waals surface area contributed by atoms with Crippen molar-refractivity contribution < 1.29 is 28.6 Å². The minimum absolute atomic E-state index is 0.131. The SMILES string of the molecule is COc1cc(F)c(C(=O)NC(CCC(=O)O)c2ccccc2)cc1OC. The molecule has 6 nitrogen and oxygen atoms in total. The fourth-order valence-corrected chi connectivity index (χ4v) is 2.54. The van der Waals surface area contributed by atoms with Crippen molar-refractivity contribution in [1.82, 2.24) is 5.32 Å². The second-order valence-electron chi connectivity index (χ2n) is 5.56. The van der Waals surface area contributed by atoms with Crippen LogP contribution in [0, 0.1) is 5.82 Å². The Kier molecular flexibility index (Phi) is 6.54. The zero-order valence-electron chi connectivity index (χ0n) is 14.5. The van der Waals surface area contributed by atoms with Crippen LogP contribution in [0.25, 0.3) is 0 Å². The molecule has 0 saturated carbocycles. The van der Waals surface area contributed by atoms with Crippen LogP contribution in [0.15, 0.2) is 42.5 Å². The zero-order valence-corrected chi connectivity index (χ0v) is 14.5. The van der Waals surface area contributed by atoms with Gasteiger partial charge >= 0.3 is 5.97 Å². The highest BCUT2D eigenvalue weighted by molar-refractivity contribution is 5.95. The molecule has 2 aromatic rings. The number of hydrogen-bond donors (Lipinski definition) is 2. The van der Waals surface area contributed by atoms with Crippen LogP contribution < -0.4 is 14.8 Å². The van der Waals surface area contributed by atoms with Gasteiger partial charge in [-0.05, 0) is 18.1 Å². The minimum atomic E-state index is -0.975. The van der Waals surface area contributed by atoms with E-state index in [1.165, 1.54) is 20.3 Å². The molecule has 0 aliphatic heterocycles. The van der Waals surface area contributed by atoms with Crippen LogP contribution in [0.4, 0.5) is 4.39 Å². The number of rotatable bonds is 8. The number of aliphatic carboxylic acids is 1. The van der Waals surface area contributed by atoms with Crippen LogP contribution in [0.3, 0.4) is 0 Å². The van der Waals surface area contributed by atoms with Crippen LogP contribution in [0.1, 0.15) is 34.8 Å². The summed E-state index contributed by atoms with van der Waals surface area (Å²) in [5.74, 6) is -2.00. The summed E-state index contributed by atoms with van der Waals surface area (Å²) in [7, 11) is 2.76. The van der Waals surface area contributed by atoms with E-state index >= 15 is 0 Å². The summed E-state index contributed by atoms with van der Waals surface area (Å²) < 4.78 is 24.4. The van der Waals surface area contributed by atoms with Crippen LogP contribution in [0.5, 0.6) is 11.5 Å². The molecule has 0 bridgehead atoms. The van der Waals surface area contributed by atoms with Crippen molar-refractivity contribution in [2.45, 2.75) is 18.9 Å². The number of carboxylic acid groups (broad SMARTS) is 1. The molecule has 138 valence electrons. The Morgan fingerprint density at radius 3 is 2.31 bits per heavy atom. The first-order valence-electron chi connectivity index (χ1n) is 7.95. The normalized spacial score (nSPS) is 11.5. The van der Waals surface area contributed by atoms with Gasteiger partial charge in [-0.1, -0.05) is 30.3 Å². The van der Waals surface area contributed by atoms with E-state index in [0.717, 1.165) is 11.6 Å². The Balaban J connectivity index is 2.27. The molecule has 2 aromatic carbocycles. The summed E-state index contributed by atoms with van der Waals surface area (Å²) in [6.07, 6.45) is 0.0499. The molecule has 0 spiro atoms. The van der Waals surface area contributed by atoms with E-state index in [2.05, 4.69) is 5.32 Å². The molecule has 0 aliphatic rings. The number of amides is 1. The van der Waals surface area contributed by atoms with Gasteiger partial charge < -0.3 is 19.9 Å². The standard InChI is InChI=1S/C19H20FNO5/c1-25-16-10-13(14(20)11-17(16)26-2)19(24)21-15(8-9-18(22)23)12-6-4-3-5-7-12/h3-7,10-11,15H,8-9H2,1-2H3,(H,21,24)(H,22,23). The van der Waals surface area contributed by atoms with Gasteiger partial charge in [0.1, 0.15) is 5.82 Å². The maximum atomic E-state index is 14.3. The van der Waals surface area contributed by atoms with Crippen molar-refractivity contribution in [3.8, 4) is 11.5 Å². The number of halogens is 1. The molecular formula is C19H20FNO5. The Morgan fingerprint density at radius 2 is 1.73 bits per heavy atom. The lowest BCUT2D eigenvalue weighted by Crippen LogP contribution is -2.29. The summed E-state index contributed by atoms with van der Waals surface area (Å²) in [6.45, 7) is 0. The van der Waals surface area contributed by atoms with Gasteiger partial charge in [0.2, 0.25) is 0 Å². The number of methoxy groups -OCH3 is 2. The van der Waals surface area contributed by atoms with Gasteiger partial charge in [0.15, 0.2) is 11.5 Å². The van der Waals surface area contributed by atoms with Crippen molar-refractivity contribution in [3.63, 3.8) is 0 Å². The van der Waals surface area contributed by atoms with E-state index < -0.39 is 23.7 Å². The molecule has 1 unspecified atom stereocenters. The minimum Gasteiger partial charge on any atom is -0.493 e. The van der Waals surface area contributed by atoms with Gasteiger partial charge in [-0.25, -0.2) is 4.39 Å². The van der Waals surface area contributed by atoms with Crippen LogP contribution >= 0.6 is 0 Å². The zero-order chi connectivity index (χ0) is 19.1. The molecule has 2 rings (SSSR count). The number of carbonyl (C=O) groups excluding carboxylic acids is 1. The van der Waals surface area contributed by atoms with Gasteiger partial charge in [-0.15, -0.1) is 0 Å². The van der Waals surface area contributed by atoms with Gasteiger partial charge in [0.25, 0.3) is 5.91 Å². The highest BCUT2D eigenvalue weighted by Gasteiger charge is 2.21. The molecule has 0 aromatic heterocycles. The monoisotopic (exact) mass is 361 g/mol. The number of nitrogens with one attached hydrogen (secondary N) is 1. The summed E-state index contributed by atoms with van der Waals surface area (Å²) in [6, 6.07) is 10.7. The van der Waals surface area contributed by atoms with E-state index in [4.69, 9.17) is 14.6 Å². The summed E-state index contributed by atoms with van der Waals surface area (Å²) in [5.41, 5.74) is 0.530. The Bertz CT molecular complexity index is 779. The highest BCUT2D eigenvalue weighted by atomic mass is 19.1. The molecule has 0 saturated heterocycles. The Hall–Kier alpha value is -3.09. The van der Waals surface area contributed by atoms with Gasteiger partial charge in [-0.2, -0.15) is 0 Å².